The number of thioether (sulfide) groups is 1. The van der Waals surface area contributed by atoms with E-state index in [-0.39, 0.29) is 80.4 Å². The van der Waals surface area contributed by atoms with E-state index >= 15 is 0 Å². The van der Waals surface area contributed by atoms with Gasteiger partial charge in [0.1, 0.15) is 37.2 Å². The Morgan fingerprint density at radius 2 is 1.58 bits per heavy atom. The minimum absolute atomic E-state index is 0.0140. The Balaban J connectivity index is 1.09. The molecule has 0 aromatic heterocycles. The number of β-lactam (4-membered cyclic amide) rings is 1. The number of hydrogen-bond acceptors (Lipinski definition) is 14. The topological polar surface area (TPSA) is 279 Å². The number of benzene rings is 2. The molecule has 3 fully saturated rings. The predicted octanol–water partition coefficient (Wildman–Crippen LogP) is 2.81. The smallest absolute Gasteiger partial charge is 0.410 e. The van der Waals surface area contributed by atoms with Gasteiger partial charge in [-0.15, -0.1) is 11.8 Å². The number of aliphatic carboxylic acids is 1. The van der Waals surface area contributed by atoms with Crippen LogP contribution in [0.2, 0.25) is 0 Å². The maximum atomic E-state index is 14.2. The maximum absolute atomic E-state index is 14.2. The van der Waals surface area contributed by atoms with Gasteiger partial charge in [0.05, 0.1) is 27.9 Å². The molecule has 4 N–H and O–H groups in total. The third kappa shape index (κ3) is 9.30. The number of carbonyl (C=O) groups excluding carboxylic acids is 4. The van der Waals surface area contributed by atoms with Gasteiger partial charge in [0.15, 0.2) is 0 Å². The maximum Gasteiger partial charge on any atom is 0.410 e. The SMILES string of the molecule is C[C@@H](O)[C@H]1C(=O)N2C(C(=O)O)=C(S[C@H]3C[C@@H](C(=O)N4CC[C@@H](CN=C(N)CC(=O)OCc5ccc([N+](=O)[O-])cc5)C4)N(C(=O)OCc4ccc([N+](=O)[O-])cc4)C3)[C@H](C)[C@H]12. The second kappa shape index (κ2) is 17.8. The third-order valence-electron chi connectivity index (χ3n) is 10.9. The summed E-state index contributed by atoms with van der Waals surface area (Å²) in [6.45, 7) is 3.80. The minimum atomic E-state index is -1.30. The van der Waals surface area contributed by atoms with Crippen molar-refractivity contribution >= 4 is 58.8 Å². The number of nitro groups is 2. The number of ether oxygens (including phenoxy) is 2. The van der Waals surface area contributed by atoms with Crippen molar-refractivity contribution in [3.8, 4) is 0 Å². The van der Waals surface area contributed by atoms with Gasteiger partial charge in [-0.1, -0.05) is 6.92 Å². The van der Waals surface area contributed by atoms with Crippen molar-refractivity contribution in [1.82, 2.24) is 14.7 Å². The Morgan fingerprint density at radius 1 is 0.983 bits per heavy atom. The normalized spacial score (nSPS) is 24.4. The van der Waals surface area contributed by atoms with Gasteiger partial charge in [-0.3, -0.25) is 44.5 Å². The van der Waals surface area contributed by atoms with Gasteiger partial charge in [0.25, 0.3) is 11.4 Å². The van der Waals surface area contributed by atoms with Gasteiger partial charge < -0.3 is 35.2 Å². The lowest BCUT2D eigenvalue weighted by atomic mass is 9.79. The largest absolute Gasteiger partial charge is 0.477 e. The number of carboxylic acids is 1. The zero-order valence-corrected chi connectivity index (χ0v) is 32.9. The van der Waals surface area contributed by atoms with Crippen LogP contribution in [0.15, 0.2) is 64.1 Å². The van der Waals surface area contributed by atoms with E-state index in [1.165, 1.54) is 77.0 Å². The van der Waals surface area contributed by atoms with Crippen LogP contribution in [0.3, 0.4) is 0 Å². The first-order valence-corrected chi connectivity index (χ1v) is 19.7. The molecule has 6 rings (SSSR count). The average Bonchev–Trinajstić information content (AvgIpc) is 3.91. The molecule has 3 saturated heterocycles. The summed E-state index contributed by atoms with van der Waals surface area (Å²) < 4.78 is 10.8. The molecule has 0 spiro atoms. The van der Waals surface area contributed by atoms with Crippen molar-refractivity contribution < 1.29 is 53.5 Å². The number of nitrogens with zero attached hydrogens (tertiary/aromatic N) is 6. The highest BCUT2D eigenvalue weighted by Gasteiger charge is 2.60. The van der Waals surface area contributed by atoms with Crippen molar-refractivity contribution in [2.75, 3.05) is 26.2 Å². The van der Waals surface area contributed by atoms with Crippen LogP contribution in [0.5, 0.6) is 0 Å². The van der Waals surface area contributed by atoms with Gasteiger partial charge in [-0.05, 0) is 61.1 Å². The molecule has 4 aliphatic rings. The number of aliphatic imine (C=N–C) groups is 1. The molecule has 20 nitrogen and oxygen atoms in total. The van der Waals surface area contributed by atoms with Crippen LogP contribution >= 0.6 is 11.8 Å². The predicted molar refractivity (Wildman–Crippen MR) is 208 cm³/mol. The number of amidine groups is 1. The van der Waals surface area contributed by atoms with E-state index in [2.05, 4.69) is 4.99 Å². The van der Waals surface area contributed by atoms with Crippen molar-refractivity contribution in [2.45, 2.75) is 69.8 Å². The molecule has 3 amide bonds. The highest BCUT2D eigenvalue weighted by atomic mass is 32.2. The Labute approximate surface area is 341 Å². The van der Waals surface area contributed by atoms with E-state index in [1.54, 1.807) is 11.8 Å². The third-order valence-corrected chi connectivity index (χ3v) is 12.4. The van der Waals surface area contributed by atoms with Gasteiger partial charge in [0.2, 0.25) is 11.8 Å². The minimum Gasteiger partial charge on any atom is -0.477 e. The molecule has 0 saturated carbocycles. The zero-order valence-electron chi connectivity index (χ0n) is 32.1. The van der Waals surface area contributed by atoms with Crippen LogP contribution in [0.25, 0.3) is 0 Å². The molecule has 0 radical (unpaired) electrons. The molecule has 59 heavy (non-hydrogen) atoms. The zero-order chi connectivity index (χ0) is 42.7. The number of hydrogen-bond donors (Lipinski definition) is 3. The molecule has 4 aliphatic heterocycles. The molecule has 314 valence electrons. The fourth-order valence-corrected chi connectivity index (χ4v) is 9.41. The number of aliphatic hydroxyl groups is 1. The number of non-ortho nitro benzene ring substituents is 2. The van der Waals surface area contributed by atoms with E-state index in [9.17, 15) is 54.4 Å². The van der Waals surface area contributed by atoms with Crippen LogP contribution in [-0.4, -0.2) is 120 Å². The summed E-state index contributed by atoms with van der Waals surface area (Å²) in [5.41, 5.74) is 6.65. The monoisotopic (exact) mass is 837 g/mol. The Morgan fingerprint density at radius 3 is 2.14 bits per heavy atom. The van der Waals surface area contributed by atoms with E-state index < -0.39 is 69.1 Å². The summed E-state index contributed by atoms with van der Waals surface area (Å²) in [6, 6.07) is 9.51. The summed E-state index contributed by atoms with van der Waals surface area (Å²) in [5, 5.41) is 41.9. The highest BCUT2D eigenvalue weighted by Crippen LogP contribution is 2.52. The number of nitro benzene ring substituents is 2. The standard InChI is InChI=1S/C38H43N7O13S/c1-20-32-31(21(2)46)36(49)43(32)33(37(50)51)34(20)59-27-13-28(42(17-27)38(52)58-19-23-5-9-26(10-6-23)45(55)56)35(48)41-12-11-24(16-41)15-40-29(39)14-30(47)57-18-22-3-7-25(8-4-22)44(53)54/h3-10,20-21,24,27-28,31-32,46H,11-19H2,1-2H3,(H2,39,40)(H,50,51)/t20-,21-,24+,27+,28+,31-,32-/m1/s1. The molecule has 0 bridgehead atoms. The average molecular weight is 838 g/mol. The molecule has 2 aromatic carbocycles. The van der Waals surface area contributed by atoms with Crippen molar-refractivity contribution in [3.05, 3.63) is 90.5 Å². The second-order valence-electron chi connectivity index (χ2n) is 14.9. The molecule has 0 unspecified atom stereocenters. The molecule has 2 aromatic rings. The van der Waals surface area contributed by atoms with Crippen LogP contribution in [-0.2, 0) is 41.9 Å². The van der Waals surface area contributed by atoms with Crippen molar-refractivity contribution in [2.24, 2.45) is 28.5 Å². The van der Waals surface area contributed by atoms with Crippen LogP contribution < -0.4 is 5.73 Å². The van der Waals surface area contributed by atoms with Crippen molar-refractivity contribution in [1.29, 1.82) is 0 Å². The Bertz CT molecular complexity index is 2080. The van der Waals surface area contributed by atoms with Crippen molar-refractivity contribution in [3.63, 3.8) is 0 Å². The van der Waals surface area contributed by atoms with Gasteiger partial charge in [-0.2, -0.15) is 0 Å². The highest BCUT2D eigenvalue weighted by molar-refractivity contribution is 8.03. The lowest BCUT2D eigenvalue weighted by molar-refractivity contribution is -0.385. The number of likely N-dealkylation sites (tertiary alicyclic amines) is 2. The fraction of sp³-hybridized carbons (Fsp3) is 0.474. The summed E-state index contributed by atoms with van der Waals surface area (Å²) in [7, 11) is 0. The number of fused-ring (bicyclic) bond motifs is 1. The van der Waals surface area contributed by atoms with Crippen LogP contribution in [0.1, 0.15) is 44.2 Å². The molecule has 0 aliphatic carbocycles. The lowest BCUT2D eigenvalue weighted by Crippen LogP contribution is -2.63. The number of amides is 3. The molecular formula is C38H43N7O13S. The number of aliphatic hydroxyl groups excluding tert-OH is 1. The van der Waals surface area contributed by atoms with E-state index in [0.29, 0.717) is 29.0 Å². The first-order valence-electron chi connectivity index (χ1n) is 18.8. The van der Waals surface area contributed by atoms with Gasteiger partial charge >= 0.3 is 18.0 Å². The summed E-state index contributed by atoms with van der Waals surface area (Å²) in [5.74, 6) is -4.03. The quantitative estimate of drug-likeness (QED) is 0.0581. The summed E-state index contributed by atoms with van der Waals surface area (Å²) in [6.07, 6.45) is -1.37. The first-order chi connectivity index (χ1) is 28.0. The molecular weight excluding hydrogens is 795 g/mol. The number of carboxylic acid groups (broad SMARTS) is 1. The lowest BCUT2D eigenvalue weighted by Gasteiger charge is -2.46. The van der Waals surface area contributed by atoms with Gasteiger partial charge in [-0.25, -0.2) is 9.59 Å². The summed E-state index contributed by atoms with van der Waals surface area (Å²) >= 11 is 1.19. The Kier molecular flexibility index (Phi) is 12.8. The van der Waals surface area contributed by atoms with E-state index in [0.717, 1.165) is 0 Å². The second-order valence-corrected chi connectivity index (χ2v) is 16.3. The first kappa shape index (κ1) is 42.5. The number of nitrogens with two attached hydrogens (primary N) is 1. The van der Waals surface area contributed by atoms with E-state index in [1.807, 2.05) is 0 Å². The molecule has 7 atom stereocenters. The fourth-order valence-electron chi connectivity index (χ4n) is 7.89. The summed E-state index contributed by atoms with van der Waals surface area (Å²) in [4.78, 5) is 95.3. The van der Waals surface area contributed by atoms with Crippen LogP contribution in [0, 0.1) is 38.0 Å². The number of esters is 1. The molecule has 21 heteroatoms. The number of rotatable bonds is 15. The van der Waals surface area contributed by atoms with Gasteiger partial charge in [0, 0.05) is 66.5 Å². The molecule has 4 heterocycles. The Hall–Kier alpha value is -6.09. The van der Waals surface area contributed by atoms with E-state index in [4.69, 9.17) is 15.2 Å². The van der Waals surface area contributed by atoms with Crippen LogP contribution in [0.4, 0.5) is 16.2 Å². The number of carbonyl (C=O) groups is 5.